The van der Waals surface area contributed by atoms with Crippen LogP contribution < -0.4 is 0 Å². The van der Waals surface area contributed by atoms with Crippen LogP contribution in [0.15, 0.2) is 30.3 Å². The Kier molecular flexibility index (Phi) is 4.02. The van der Waals surface area contributed by atoms with Crippen molar-refractivity contribution in [2.24, 2.45) is 0 Å². The average Bonchev–Trinajstić information content (AvgIpc) is 3.11. The first-order valence-corrected chi connectivity index (χ1v) is 8.45. The third-order valence-electron chi connectivity index (χ3n) is 4.86. The van der Waals surface area contributed by atoms with E-state index in [4.69, 9.17) is 18.9 Å². The van der Waals surface area contributed by atoms with Gasteiger partial charge < -0.3 is 18.9 Å². The standard InChI is InChI=1S/C18H20O6/c19-16(12-7-3-1-4-8-12)21-11-13-14-15(17(20)22-13)24-18(23-14)9-5-2-6-10-18/h1,3-4,7-8,13-15H,2,5-6,9-11H2/t13-,14-,15-/m1/s1. The fourth-order valence-corrected chi connectivity index (χ4v) is 3.64. The second-order valence-electron chi connectivity index (χ2n) is 6.53. The van der Waals surface area contributed by atoms with Crippen LogP contribution in [-0.4, -0.2) is 42.6 Å². The molecule has 3 aliphatic rings. The van der Waals surface area contributed by atoms with E-state index in [-0.39, 0.29) is 6.61 Å². The van der Waals surface area contributed by atoms with Crippen LogP contribution in [0.2, 0.25) is 0 Å². The molecule has 1 saturated carbocycles. The molecule has 0 N–H and O–H groups in total. The molecule has 0 amide bonds. The highest BCUT2D eigenvalue weighted by Crippen LogP contribution is 2.44. The van der Waals surface area contributed by atoms with Gasteiger partial charge in [0.1, 0.15) is 12.7 Å². The minimum absolute atomic E-state index is 0.0277. The van der Waals surface area contributed by atoms with Gasteiger partial charge in [-0.25, -0.2) is 9.59 Å². The number of ether oxygens (including phenoxy) is 4. The summed E-state index contributed by atoms with van der Waals surface area (Å²) in [5, 5.41) is 0. The summed E-state index contributed by atoms with van der Waals surface area (Å²) < 4.78 is 22.6. The topological polar surface area (TPSA) is 71.1 Å². The Morgan fingerprint density at radius 2 is 1.88 bits per heavy atom. The summed E-state index contributed by atoms with van der Waals surface area (Å²) in [6.07, 6.45) is 2.99. The van der Waals surface area contributed by atoms with E-state index >= 15 is 0 Å². The third kappa shape index (κ3) is 2.80. The van der Waals surface area contributed by atoms with Gasteiger partial charge in [-0.3, -0.25) is 0 Å². The monoisotopic (exact) mass is 332 g/mol. The molecule has 128 valence electrons. The molecule has 3 atom stereocenters. The van der Waals surface area contributed by atoms with Crippen LogP contribution in [0.25, 0.3) is 0 Å². The van der Waals surface area contributed by atoms with E-state index in [1.54, 1.807) is 24.3 Å². The fourth-order valence-electron chi connectivity index (χ4n) is 3.64. The number of benzene rings is 1. The summed E-state index contributed by atoms with van der Waals surface area (Å²) in [6, 6.07) is 8.72. The molecular formula is C18H20O6. The molecule has 3 fully saturated rings. The molecule has 0 aromatic heterocycles. The van der Waals surface area contributed by atoms with E-state index in [1.807, 2.05) is 6.07 Å². The Morgan fingerprint density at radius 1 is 1.12 bits per heavy atom. The number of carbonyl (C=O) groups excluding carboxylic acids is 2. The van der Waals surface area contributed by atoms with Crippen molar-refractivity contribution in [1.29, 1.82) is 0 Å². The van der Waals surface area contributed by atoms with Gasteiger partial charge in [-0.2, -0.15) is 0 Å². The zero-order valence-electron chi connectivity index (χ0n) is 13.3. The minimum atomic E-state index is -0.705. The van der Waals surface area contributed by atoms with Gasteiger partial charge in [0.05, 0.1) is 5.56 Å². The number of fused-ring (bicyclic) bond motifs is 1. The van der Waals surface area contributed by atoms with E-state index in [2.05, 4.69) is 0 Å². The van der Waals surface area contributed by atoms with Crippen LogP contribution in [0.4, 0.5) is 0 Å². The van der Waals surface area contributed by atoms with Crippen LogP contribution >= 0.6 is 0 Å². The summed E-state index contributed by atoms with van der Waals surface area (Å²) in [5.74, 6) is -1.53. The van der Waals surface area contributed by atoms with Crippen LogP contribution in [0.3, 0.4) is 0 Å². The van der Waals surface area contributed by atoms with E-state index in [9.17, 15) is 9.59 Å². The lowest BCUT2D eigenvalue weighted by molar-refractivity contribution is -0.217. The largest absolute Gasteiger partial charge is 0.458 e. The predicted octanol–water partition coefficient (Wildman–Crippen LogP) is 2.21. The Labute approximate surface area is 140 Å². The minimum Gasteiger partial charge on any atom is -0.458 e. The van der Waals surface area contributed by atoms with E-state index in [1.165, 1.54) is 0 Å². The molecule has 24 heavy (non-hydrogen) atoms. The molecule has 0 bridgehead atoms. The van der Waals surface area contributed by atoms with E-state index in [0.717, 1.165) is 32.1 Å². The molecule has 2 aliphatic heterocycles. The fraction of sp³-hybridized carbons (Fsp3) is 0.556. The molecule has 1 aromatic carbocycles. The zero-order valence-corrected chi connectivity index (χ0v) is 13.3. The van der Waals surface area contributed by atoms with Gasteiger partial charge in [0.25, 0.3) is 0 Å². The molecule has 0 radical (unpaired) electrons. The summed E-state index contributed by atoms with van der Waals surface area (Å²) in [6.45, 7) is -0.0277. The highest BCUT2D eigenvalue weighted by Gasteiger charge is 2.59. The third-order valence-corrected chi connectivity index (χ3v) is 4.86. The molecule has 6 nitrogen and oxygen atoms in total. The molecular weight excluding hydrogens is 312 g/mol. The molecule has 0 unspecified atom stereocenters. The number of carbonyl (C=O) groups is 2. The molecule has 6 heteroatoms. The normalized spacial score (nSPS) is 30.8. The molecule has 1 aromatic rings. The quantitative estimate of drug-likeness (QED) is 0.791. The van der Waals surface area contributed by atoms with Crippen molar-refractivity contribution in [2.75, 3.05) is 6.61 Å². The van der Waals surface area contributed by atoms with Gasteiger partial charge in [0, 0.05) is 12.8 Å². The van der Waals surface area contributed by atoms with E-state index < -0.39 is 36.0 Å². The predicted molar refractivity (Wildman–Crippen MR) is 82.2 cm³/mol. The Morgan fingerprint density at radius 3 is 2.62 bits per heavy atom. The number of hydrogen-bond donors (Lipinski definition) is 0. The van der Waals surface area contributed by atoms with Gasteiger partial charge in [-0.1, -0.05) is 24.6 Å². The van der Waals surface area contributed by atoms with Gasteiger partial charge in [-0.05, 0) is 25.0 Å². The zero-order chi connectivity index (χ0) is 16.6. The Balaban J connectivity index is 1.39. The summed E-state index contributed by atoms with van der Waals surface area (Å²) in [4.78, 5) is 24.1. The molecule has 1 spiro atoms. The van der Waals surface area contributed by atoms with Crippen molar-refractivity contribution in [3.05, 3.63) is 35.9 Å². The lowest BCUT2D eigenvalue weighted by atomic mass is 9.94. The molecule has 2 saturated heterocycles. The van der Waals surface area contributed by atoms with Crippen molar-refractivity contribution >= 4 is 11.9 Å². The summed E-state index contributed by atoms with van der Waals surface area (Å²) >= 11 is 0. The van der Waals surface area contributed by atoms with Gasteiger partial charge in [0.15, 0.2) is 18.0 Å². The van der Waals surface area contributed by atoms with Crippen molar-refractivity contribution < 1.29 is 28.5 Å². The van der Waals surface area contributed by atoms with Gasteiger partial charge in [0.2, 0.25) is 0 Å². The first kappa shape index (κ1) is 15.6. The molecule has 4 rings (SSSR count). The first-order valence-electron chi connectivity index (χ1n) is 8.45. The highest BCUT2D eigenvalue weighted by atomic mass is 16.8. The van der Waals surface area contributed by atoms with Crippen molar-refractivity contribution in [2.45, 2.75) is 56.2 Å². The van der Waals surface area contributed by atoms with Crippen molar-refractivity contribution in [3.63, 3.8) is 0 Å². The molecule has 2 heterocycles. The van der Waals surface area contributed by atoms with Gasteiger partial charge >= 0.3 is 11.9 Å². The van der Waals surface area contributed by atoms with Crippen LogP contribution in [-0.2, 0) is 23.7 Å². The number of rotatable bonds is 3. The number of cyclic esters (lactones) is 1. The van der Waals surface area contributed by atoms with Crippen molar-refractivity contribution in [3.8, 4) is 0 Å². The van der Waals surface area contributed by atoms with Crippen LogP contribution in [0.5, 0.6) is 0 Å². The second kappa shape index (κ2) is 6.18. The lowest BCUT2D eigenvalue weighted by Crippen LogP contribution is -2.37. The Hall–Kier alpha value is -1.92. The van der Waals surface area contributed by atoms with E-state index in [0.29, 0.717) is 5.56 Å². The Bertz CT molecular complexity index is 622. The molecule has 1 aliphatic carbocycles. The highest BCUT2D eigenvalue weighted by molar-refractivity contribution is 5.89. The summed E-state index contributed by atoms with van der Waals surface area (Å²) in [7, 11) is 0. The number of hydrogen-bond acceptors (Lipinski definition) is 6. The van der Waals surface area contributed by atoms with Crippen LogP contribution in [0, 0.1) is 0 Å². The smallest absolute Gasteiger partial charge is 0.338 e. The van der Waals surface area contributed by atoms with Crippen LogP contribution in [0.1, 0.15) is 42.5 Å². The maximum absolute atomic E-state index is 12.0. The maximum atomic E-state index is 12.0. The SMILES string of the molecule is O=C(OC[C@H]1OC(=O)[C@@H]2OC3(CCCCC3)O[C@H]12)c1ccccc1. The second-order valence-corrected chi connectivity index (χ2v) is 6.53. The van der Waals surface area contributed by atoms with Crippen molar-refractivity contribution in [1.82, 2.24) is 0 Å². The maximum Gasteiger partial charge on any atom is 0.338 e. The first-order chi connectivity index (χ1) is 11.7. The average molecular weight is 332 g/mol. The number of esters is 2. The lowest BCUT2D eigenvalue weighted by Gasteiger charge is -2.32. The van der Waals surface area contributed by atoms with Gasteiger partial charge in [-0.15, -0.1) is 0 Å². The summed E-state index contributed by atoms with van der Waals surface area (Å²) in [5.41, 5.74) is 0.464.